The van der Waals surface area contributed by atoms with Gasteiger partial charge in [0.05, 0.1) is 31.5 Å². The van der Waals surface area contributed by atoms with Crippen molar-refractivity contribution in [3.8, 4) is 22.8 Å². The molecule has 0 spiro atoms. The van der Waals surface area contributed by atoms with Gasteiger partial charge in [-0.3, -0.25) is 9.59 Å². The highest BCUT2D eigenvalue weighted by Crippen LogP contribution is 2.36. The third-order valence-electron chi connectivity index (χ3n) is 5.83. The lowest BCUT2D eigenvalue weighted by Crippen LogP contribution is -2.43. The monoisotopic (exact) mass is 465 g/mol. The van der Waals surface area contributed by atoms with Gasteiger partial charge >= 0.3 is 0 Å². The first-order valence-corrected chi connectivity index (χ1v) is 11.8. The molecule has 3 aromatic rings. The van der Waals surface area contributed by atoms with E-state index in [9.17, 15) is 9.59 Å². The van der Waals surface area contributed by atoms with Crippen molar-refractivity contribution in [3.63, 3.8) is 0 Å². The third kappa shape index (κ3) is 5.34. The number of carbonyl (C=O) groups excluding carboxylic acids is 2. The topological polar surface area (TPSA) is 80.8 Å². The first-order chi connectivity index (χ1) is 16.1. The normalized spacial score (nSPS) is 14.1. The zero-order chi connectivity index (χ0) is 23.2. The van der Waals surface area contributed by atoms with Gasteiger partial charge < -0.3 is 19.7 Å². The SMILES string of the molecule is COc1ccc(-c2csc(C3CCN(C(=O)CNC(=O)c4ccccc4)CC3)n2)cc1OC. The van der Waals surface area contributed by atoms with Gasteiger partial charge in [0.15, 0.2) is 11.5 Å². The summed E-state index contributed by atoms with van der Waals surface area (Å²) in [4.78, 5) is 31.4. The Hall–Kier alpha value is -3.39. The van der Waals surface area contributed by atoms with Crippen LogP contribution in [0.15, 0.2) is 53.9 Å². The molecule has 0 unspecified atom stereocenters. The Morgan fingerprint density at radius 3 is 2.48 bits per heavy atom. The van der Waals surface area contributed by atoms with Gasteiger partial charge in [-0.2, -0.15) is 0 Å². The molecule has 2 heterocycles. The van der Waals surface area contributed by atoms with Crippen LogP contribution in [-0.4, -0.2) is 55.6 Å². The molecule has 2 amide bonds. The lowest BCUT2D eigenvalue weighted by atomic mass is 9.97. The van der Waals surface area contributed by atoms with Gasteiger partial charge in [0, 0.05) is 35.5 Å². The van der Waals surface area contributed by atoms with Gasteiger partial charge in [0.1, 0.15) is 0 Å². The van der Waals surface area contributed by atoms with Crippen molar-refractivity contribution in [1.82, 2.24) is 15.2 Å². The Morgan fingerprint density at radius 2 is 1.79 bits per heavy atom. The molecule has 8 heteroatoms. The third-order valence-corrected chi connectivity index (χ3v) is 6.84. The van der Waals surface area contributed by atoms with Crippen LogP contribution in [0.5, 0.6) is 11.5 Å². The fraction of sp³-hybridized carbons (Fsp3) is 0.320. The molecule has 2 aromatic carbocycles. The summed E-state index contributed by atoms with van der Waals surface area (Å²) in [6, 6.07) is 14.7. The lowest BCUT2D eigenvalue weighted by Gasteiger charge is -2.31. The molecule has 1 aromatic heterocycles. The number of thiazole rings is 1. The minimum absolute atomic E-state index is 0.0130. The molecule has 1 aliphatic heterocycles. The first-order valence-electron chi connectivity index (χ1n) is 10.9. The number of hydrogen-bond acceptors (Lipinski definition) is 6. The number of benzene rings is 2. The van der Waals surface area contributed by atoms with Gasteiger partial charge in [-0.25, -0.2) is 4.98 Å². The molecule has 1 aliphatic rings. The summed E-state index contributed by atoms with van der Waals surface area (Å²) in [5, 5.41) is 5.87. The van der Waals surface area contributed by atoms with E-state index >= 15 is 0 Å². The molecule has 33 heavy (non-hydrogen) atoms. The maximum absolute atomic E-state index is 12.6. The maximum atomic E-state index is 12.6. The fourth-order valence-electron chi connectivity index (χ4n) is 3.94. The van der Waals surface area contributed by atoms with Crippen molar-refractivity contribution in [3.05, 3.63) is 64.5 Å². The zero-order valence-electron chi connectivity index (χ0n) is 18.7. The number of nitrogens with one attached hydrogen (secondary N) is 1. The highest BCUT2D eigenvalue weighted by molar-refractivity contribution is 7.10. The van der Waals surface area contributed by atoms with E-state index in [1.54, 1.807) is 49.8 Å². The summed E-state index contributed by atoms with van der Waals surface area (Å²) in [7, 11) is 3.24. The van der Waals surface area contributed by atoms with E-state index in [1.807, 2.05) is 29.2 Å². The Morgan fingerprint density at radius 1 is 1.06 bits per heavy atom. The van der Waals surface area contributed by atoms with Crippen LogP contribution in [0.1, 0.15) is 34.1 Å². The maximum Gasteiger partial charge on any atom is 0.251 e. The van der Waals surface area contributed by atoms with E-state index in [4.69, 9.17) is 14.5 Å². The van der Waals surface area contributed by atoms with Gasteiger partial charge in [0.25, 0.3) is 5.91 Å². The molecular weight excluding hydrogens is 438 g/mol. The Bertz CT molecular complexity index is 1110. The van der Waals surface area contributed by atoms with E-state index in [-0.39, 0.29) is 18.4 Å². The van der Waals surface area contributed by atoms with Crippen molar-refractivity contribution in [1.29, 1.82) is 0 Å². The minimum atomic E-state index is -0.232. The second-order valence-corrected chi connectivity index (χ2v) is 8.73. The number of methoxy groups -OCH3 is 2. The van der Waals surface area contributed by atoms with Crippen molar-refractivity contribution in [2.75, 3.05) is 33.9 Å². The van der Waals surface area contributed by atoms with Crippen molar-refractivity contribution in [2.24, 2.45) is 0 Å². The standard InChI is InChI=1S/C25H27N3O4S/c1-31-21-9-8-19(14-22(21)32-2)20-16-33-25(27-20)18-10-12-28(13-11-18)23(29)15-26-24(30)17-6-4-3-5-7-17/h3-9,14,16,18H,10-13,15H2,1-2H3,(H,26,30). The highest BCUT2D eigenvalue weighted by atomic mass is 32.1. The molecule has 0 bridgehead atoms. The summed E-state index contributed by atoms with van der Waals surface area (Å²) >= 11 is 1.65. The minimum Gasteiger partial charge on any atom is -0.493 e. The molecular formula is C25H27N3O4S. The summed E-state index contributed by atoms with van der Waals surface area (Å²) in [6.45, 7) is 1.34. The molecule has 1 fully saturated rings. The number of piperidine rings is 1. The van der Waals surface area contributed by atoms with Crippen LogP contribution in [-0.2, 0) is 4.79 Å². The Kier molecular flexibility index (Phi) is 7.24. The van der Waals surface area contributed by atoms with E-state index in [0.717, 1.165) is 29.1 Å². The number of aromatic nitrogens is 1. The van der Waals surface area contributed by atoms with Crippen LogP contribution < -0.4 is 14.8 Å². The van der Waals surface area contributed by atoms with E-state index < -0.39 is 0 Å². The van der Waals surface area contributed by atoms with E-state index in [2.05, 4.69) is 10.7 Å². The molecule has 0 aliphatic carbocycles. The average molecular weight is 466 g/mol. The molecule has 4 rings (SSSR count). The van der Waals surface area contributed by atoms with Crippen LogP contribution in [0.4, 0.5) is 0 Å². The quantitative estimate of drug-likeness (QED) is 0.571. The van der Waals surface area contributed by atoms with Crippen LogP contribution in [0.3, 0.4) is 0 Å². The number of rotatable bonds is 7. The predicted molar refractivity (Wildman–Crippen MR) is 128 cm³/mol. The largest absolute Gasteiger partial charge is 0.493 e. The molecule has 172 valence electrons. The van der Waals surface area contributed by atoms with Crippen molar-refractivity contribution >= 4 is 23.2 Å². The number of amides is 2. The molecule has 1 N–H and O–H groups in total. The molecule has 0 atom stereocenters. The van der Waals surface area contributed by atoms with Gasteiger partial charge in [0.2, 0.25) is 5.91 Å². The molecule has 0 radical (unpaired) electrons. The van der Waals surface area contributed by atoms with Crippen LogP contribution in [0.2, 0.25) is 0 Å². The van der Waals surface area contributed by atoms with Crippen LogP contribution in [0.25, 0.3) is 11.3 Å². The molecule has 7 nitrogen and oxygen atoms in total. The van der Waals surface area contributed by atoms with Crippen LogP contribution in [0, 0.1) is 0 Å². The van der Waals surface area contributed by atoms with Gasteiger partial charge in [-0.1, -0.05) is 18.2 Å². The summed E-state index contributed by atoms with van der Waals surface area (Å²) < 4.78 is 10.7. The Labute approximate surface area is 197 Å². The van der Waals surface area contributed by atoms with Crippen molar-refractivity contribution < 1.29 is 19.1 Å². The second-order valence-electron chi connectivity index (χ2n) is 7.84. The van der Waals surface area contributed by atoms with E-state index in [0.29, 0.717) is 36.1 Å². The molecule has 1 saturated heterocycles. The van der Waals surface area contributed by atoms with Gasteiger partial charge in [-0.05, 0) is 43.2 Å². The Balaban J connectivity index is 1.31. The smallest absolute Gasteiger partial charge is 0.251 e. The summed E-state index contributed by atoms with van der Waals surface area (Å²) in [6.07, 6.45) is 1.72. The average Bonchev–Trinajstić information content (AvgIpc) is 3.37. The van der Waals surface area contributed by atoms with Gasteiger partial charge in [-0.15, -0.1) is 11.3 Å². The number of likely N-dealkylation sites (tertiary alicyclic amines) is 1. The first kappa shape index (κ1) is 22.8. The van der Waals surface area contributed by atoms with Crippen LogP contribution >= 0.6 is 11.3 Å². The molecule has 0 saturated carbocycles. The zero-order valence-corrected chi connectivity index (χ0v) is 19.6. The lowest BCUT2D eigenvalue weighted by molar-refractivity contribution is -0.131. The number of nitrogens with zero attached hydrogens (tertiary/aromatic N) is 2. The van der Waals surface area contributed by atoms with E-state index in [1.165, 1.54) is 0 Å². The number of carbonyl (C=O) groups is 2. The second kappa shape index (κ2) is 10.5. The number of ether oxygens (including phenoxy) is 2. The predicted octanol–water partition coefficient (Wildman–Crippen LogP) is 3.96. The summed E-state index contributed by atoms with van der Waals surface area (Å²) in [5.41, 5.74) is 2.45. The number of hydrogen-bond donors (Lipinski definition) is 1. The van der Waals surface area contributed by atoms with Crippen molar-refractivity contribution in [2.45, 2.75) is 18.8 Å². The highest BCUT2D eigenvalue weighted by Gasteiger charge is 2.26. The fourth-order valence-corrected chi connectivity index (χ4v) is 4.94. The summed E-state index contributed by atoms with van der Waals surface area (Å²) in [5.74, 6) is 1.41.